The van der Waals surface area contributed by atoms with Gasteiger partial charge in [0.2, 0.25) is 0 Å². The molecule has 0 bridgehead atoms. The fourth-order valence-corrected chi connectivity index (χ4v) is 0.661. The second-order valence-electron chi connectivity index (χ2n) is 1.85. The summed E-state index contributed by atoms with van der Waals surface area (Å²) in [5, 5.41) is 25.9. The molecule has 0 aliphatic carbocycles. The van der Waals surface area contributed by atoms with Gasteiger partial charge in [-0.1, -0.05) is 0 Å². The molecular weight excluding hydrogens is 124 g/mol. The molecule has 2 atom stereocenters. The van der Waals surface area contributed by atoms with Crippen LogP contribution in [0.15, 0.2) is 12.0 Å². The van der Waals surface area contributed by atoms with Crippen LogP contribution in [-0.4, -0.2) is 34.1 Å². The highest BCUT2D eigenvalue weighted by molar-refractivity contribution is 5.03. The fourth-order valence-electron chi connectivity index (χ4n) is 0.661. The van der Waals surface area contributed by atoms with Gasteiger partial charge in [0.1, 0.15) is 25.1 Å². The molecule has 2 unspecified atom stereocenters. The van der Waals surface area contributed by atoms with Crippen LogP contribution in [0.5, 0.6) is 0 Å². The van der Waals surface area contributed by atoms with E-state index < -0.39 is 12.2 Å². The van der Waals surface area contributed by atoms with Crippen molar-refractivity contribution in [3.05, 3.63) is 12.0 Å². The lowest BCUT2D eigenvalue weighted by Crippen LogP contribution is -2.21. The average Bonchev–Trinajstić information content (AvgIpc) is 2.15. The van der Waals surface area contributed by atoms with E-state index in [9.17, 15) is 0 Å². The van der Waals surface area contributed by atoms with Crippen molar-refractivity contribution in [3.63, 3.8) is 0 Å². The summed E-state index contributed by atoms with van der Waals surface area (Å²) < 4.78 is 4.64. The minimum absolute atomic E-state index is 0.0301. The van der Waals surface area contributed by atoms with Crippen molar-refractivity contribution in [1.29, 1.82) is 0 Å². The number of hydrogen-bond donors (Lipinski definition) is 3. The van der Waals surface area contributed by atoms with Gasteiger partial charge in [-0.3, -0.25) is 0 Å². The first-order valence-corrected chi connectivity index (χ1v) is 2.59. The zero-order valence-corrected chi connectivity index (χ0v) is 4.69. The van der Waals surface area contributed by atoms with Gasteiger partial charge in [0.15, 0.2) is 5.76 Å². The van der Waals surface area contributed by atoms with Gasteiger partial charge in [-0.15, -0.1) is 0 Å². The molecule has 1 fully saturated rings. The van der Waals surface area contributed by atoms with Crippen LogP contribution in [-0.2, 0) is 4.74 Å². The molecule has 1 saturated heterocycles. The summed E-state index contributed by atoms with van der Waals surface area (Å²) in [5.41, 5.74) is 0. The Morgan fingerprint density at radius 2 is 2.22 bits per heavy atom. The van der Waals surface area contributed by atoms with Crippen LogP contribution in [0, 0.1) is 0 Å². The number of hydrogen-bond acceptors (Lipinski definition) is 4. The van der Waals surface area contributed by atoms with Gasteiger partial charge in [0.25, 0.3) is 0 Å². The van der Waals surface area contributed by atoms with Crippen molar-refractivity contribution in [2.75, 3.05) is 6.61 Å². The van der Waals surface area contributed by atoms with E-state index in [1.165, 1.54) is 0 Å². The summed E-state index contributed by atoms with van der Waals surface area (Å²) in [6.07, 6.45) is -1.31. The molecule has 0 spiro atoms. The van der Waals surface area contributed by atoms with Crippen molar-refractivity contribution in [1.82, 2.24) is 0 Å². The Morgan fingerprint density at radius 3 is 2.44 bits per heavy atom. The van der Waals surface area contributed by atoms with E-state index in [0.29, 0.717) is 6.26 Å². The van der Waals surface area contributed by atoms with Gasteiger partial charge in [-0.2, -0.15) is 0 Å². The minimum Gasteiger partial charge on any atom is -0.512 e. The maximum Gasteiger partial charge on any atom is 0.161 e. The standard InChI is InChI=1S/C5H8O4/c6-1-4-5(8)3(7)2-9-4/h1,3,5-8H,2H2. The Morgan fingerprint density at radius 1 is 1.56 bits per heavy atom. The molecule has 0 aromatic rings. The highest BCUT2D eigenvalue weighted by Crippen LogP contribution is 2.16. The summed E-state index contributed by atoms with van der Waals surface area (Å²) in [4.78, 5) is 0. The minimum atomic E-state index is -1.06. The van der Waals surface area contributed by atoms with Crippen molar-refractivity contribution in [2.24, 2.45) is 0 Å². The van der Waals surface area contributed by atoms with Gasteiger partial charge >= 0.3 is 0 Å². The van der Waals surface area contributed by atoms with Crippen molar-refractivity contribution < 1.29 is 20.1 Å². The monoisotopic (exact) mass is 132 g/mol. The van der Waals surface area contributed by atoms with Crippen LogP contribution in [0.4, 0.5) is 0 Å². The average molecular weight is 132 g/mol. The third kappa shape index (κ3) is 0.988. The quantitative estimate of drug-likeness (QED) is 0.375. The van der Waals surface area contributed by atoms with E-state index >= 15 is 0 Å². The molecule has 1 aliphatic heterocycles. The van der Waals surface area contributed by atoms with E-state index in [4.69, 9.17) is 15.3 Å². The van der Waals surface area contributed by atoms with Crippen LogP contribution in [0.3, 0.4) is 0 Å². The Hall–Kier alpha value is -0.740. The number of rotatable bonds is 0. The van der Waals surface area contributed by atoms with Gasteiger partial charge in [0.05, 0.1) is 0 Å². The Kier molecular flexibility index (Phi) is 1.59. The van der Waals surface area contributed by atoms with Crippen molar-refractivity contribution in [2.45, 2.75) is 12.2 Å². The second kappa shape index (κ2) is 2.24. The SMILES string of the molecule is OC=C1OCC(O)C1O. The first-order valence-electron chi connectivity index (χ1n) is 2.59. The highest BCUT2D eigenvalue weighted by Gasteiger charge is 2.29. The lowest BCUT2D eigenvalue weighted by atomic mass is 10.2. The molecule has 1 heterocycles. The zero-order valence-electron chi connectivity index (χ0n) is 4.69. The molecule has 4 nitrogen and oxygen atoms in total. The van der Waals surface area contributed by atoms with E-state index in [0.717, 1.165) is 0 Å². The van der Waals surface area contributed by atoms with Gasteiger partial charge in [-0.25, -0.2) is 0 Å². The maximum atomic E-state index is 8.85. The van der Waals surface area contributed by atoms with Gasteiger partial charge in [-0.05, 0) is 0 Å². The van der Waals surface area contributed by atoms with E-state index in [1.807, 2.05) is 0 Å². The molecule has 3 N–H and O–H groups in total. The van der Waals surface area contributed by atoms with Gasteiger partial charge in [0, 0.05) is 0 Å². The van der Waals surface area contributed by atoms with Crippen LogP contribution in [0.2, 0.25) is 0 Å². The first-order chi connectivity index (χ1) is 4.25. The zero-order chi connectivity index (χ0) is 6.85. The lowest BCUT2D eigenvalue weighted by Gasteiger charge is -2.01. The smallest absolute Gasteiger partial charge is 0.161 e. The first kappa shape index (κ1) is 6.38. The van der Waals surface area contributed by atoms with E-state index in [1.54, 1.807) is 0 Å². The van der Waals surface area contributed by atoms with E-state index in [-0.39, 0.29) is 12.4 Å². The molecule has 52 valence electrons. The molecule has 1 rings (SSSR count). The van der Waals surface area contributed by atoms with Crippen LogP contribution < -0.4 is 0 Å². The van der Waals surface area contributed by atoms with Crippen molar-refractivity contribution in [3.8, 4) is 0 Å². The van der Waals surface area contributed by atoms with E-state index in [2.05, 4.69) is 4.74 Å². The summed E-state index contributed by atoms with van der Waals surface area (Å²) in [6.45, 7) is 0.0492. The molecular formula is C5H8O4. The molecule has 0 aromatic carbocycles. The lowest BCUT2D eigenvalue weighted by molar-refractivity contribution is 0.0637. The third-order valence-electron chi connectivity index (χ3n) is 1.20. The van der Waals surface area contributed by atoms with Crippen molar-refractivity contribution >= 4 is 0 Å². The predicted octanol–water partition coefficient (Wildman–Crippen LogP) is -0.862. The Bertz CT molecular complexity index is 131. The Labute approximate surface area is 52.0 Å². The number of aliphatic hydroxyl groups excluding tert-OH is 3. The van der Waals surface area contributed by atoms with Gasteiger partial charge < -0.3 is 20.1 Å². The number of aliphatic hydroxyl groups is 3. The predicted molar refractivity (Wildman–Crippen MR) is 28.7 cm³/mol. The normalized spacial score (nSPS) is 39.1. The summed E-state index contributed by atoms with van der Waals surface area (Å²) in [7, 11) is 0. The summed E-state index contributed by atoms with van der Waals surface area (Å²) in [5.74, 6) is 0.0301. The molecule has 0 saturated carbocycles. The summed E-state index contributed by atoms with van der Waals surface area (Å²) >= 11 is 0. The topological polar surface area (TPSA) is 69.9 Å². The highest BCUT2D eigenvalue weighted by atomic mass is 16.5. The number of ether oxygens (including phenoxy) is 1. The molecule has 4 heteroatoms. The Balaban J connectivity index is 2.62. The van der Waals surface area contributed by atoms with Crippen LogP contribution >= 0.6 is 0 Å². The molecule has 1 aliphatic rings. The second-order valence-corrected chi connectivity index (χ2v) is 1.85. The maximum absolute atomic E-state index is 8.85. The molecule has 0 radical (unpaired) electrons. The van der Waals surface area contributed by atoms with Crippen LogP contribution in [0.25, 0.3) is 0 Å². The van der Waals surface area contributed by atoms with Crippen LogP contribution in [0.1, 0.15) is 0 Å². The third-order valence-corrected chi connectivity index (χ3v) is 1.20. The largest absolute Gasteiger partial charge is 0.512 e. The fraction of sp³-hybridized carbons (Fsp3) is 0.600. The summed E-state index contributed by atoms with van der Waals surface area (Å²) in [6, 6.07) is 0. The molecule has 0 amide bonds. The molecule has 0 aromatic heterocycles. The molecule has 9 heavy (non-hydrogen) atoms.